The van der Waals surface area contributed by atoms with Gasteiger partial charge in [-0.05, 0) is 36.7 Å². The highest BCUT2D eigenvalue weighted by Crippen LogP contribution is 2.14. The lowest BCUT2D eigenvalue weighted by Crippen LogP contribution is -2.18. The number of carbonyl (C=O) groups excluding carboxylic acids is 1. The van der Waals surface area contributed by atoms with Gasteiger partial charge in [-0.25, -0.2) is 0 Å². The van der Waals surface area contributed by atoms with Gasteiger partial charge in [0.15, 0.2) is 0 Å². The summed E-state index contributed by atoms with van der Waals surface area (Å²) in [6, 6.07) is 0. The normalized spacial score (nSPS) is 11.0. The van der Waals surface area contributed by atoms with E-state index in [-0.39, 0.29) is 12.5 Å². The third-order valence-electron chi connectivity index (χ3n) is 3.95. The summed E-state index contributed by atoms with van der Waals surface area (Å²) in [7, 11) is 0. The second-order valence-electron chi connectivity index (χ2n) is 5.81. The maximum Gasteiger partial charge on any atom is 0.246 e. The predicted octanol–water partition coefficient (Wildman–Crippen LogP) is 2.36. The lowest BCUT2D eigenvalue weighted by atomic mass is 10.2. The van der Waals surface area contributed by atoms with Crippen molar-refractivity contribution in [3.63, 3.8) is 0 Å². The smallest absolute Gasteiger partial charge is 0.246 e. The zero-order chi connectivity index (χ0) is 18.0. The van der Waals surface area contributed by atoms with Crippen LogP contribution in [0.25, 0.3) is 0 Å². The molecule has 0 aliphatic heterocycles. The summed E-state index contributed by atoms with van der Waals surface area (Å²) in [5, 5.41) is 15.7. The van der Waals surface area contributed by atoms with E-state index in [0.29, 0.717) is 12.2 Å². The van der Waals surface area contributed by atoms with E-state index in [1.165, 1.54) is 0 Å². The average Bonchev–Trinajstić information content (AvgIpc) is 3.22. The van der Waals surface area contributed by atoms with Gasteiger partial charge in [-0.15, -0.1) is 0 Å². The number of hydrogen-bond acceptors (Lipinski definition) is 4. The molecule has 0 saturated carbocycles. The van der Waals surface area contributed by atoms with Gasteiger partial charge in [0, 0.05) is 30.2 Å². The first-order chi connectivity index (χ1) is 12.0. The van der Waals surface area contributed by atoms with Crippen LogP contribution in [0.4, 0.5) is 5.69 Å². The Kier molecular flexibility index (Phi) is 5.03. The second-order valence-corrected chi connectivity index (χ2v) is 6.66. The minimum atomic E-state index is -0.149. The number of rotatable bonds is 6. The molecule has 0 fully saturated rings. The van der Waals surface area contributed by atoms with Crippen molar-refractivity contribution >= 4 is 27.5 Å². The highest BCUT2D eigenvalue weighted by atomic mass is 79.9. The Morgan fingerprint density at radius 1 is 1.20 bits per heavy atom. The van der Waals surface area contributed by atoms with Crippen molar-refractivity contribution in [2.75, 3.05) is 5.32 Å². The van der Waals surface area contributed by atoms with Crippen LogP contribution in [-0.2, 0) is 24.4 Å². The van der Waals surface area contributed by atoms with Gasteiger partial charge in [-0.3, -0.25) is 18.8 Å². The number of halogens is 1. The summed E-state index contributed by atoms with van der Waals surface area (Å²) in [5.41, 5.74) is 3.75. The molecule has 3 aromatic rings. The molecule has 1 N–H and O–H groups in total. The fourth-order valence-corrected chi connectivity index (χ4v) is 2.89. The zero-order valence-electron chi connectivity index (χ0n) is 14.4. The molecule has 0 atom stereocenters. The molecule has 132 valence electrons. The van der Waals surface area contributed by atoms with Gasteiger partial charge in [0.05, 0.1) is 34.8 Å². The molecule has 25 heavy (non-hydrogen) atoms. The molecular weight excluding hydrogens is 386 g/mol. The summed E-state index contributed by atoms with van der Waals surface area (Å²) >= 11 is 3.39. The van der Waals surface area contributed by atoms with Crippen molar-refractivity contribution in [2.45, 2.75) is 40.4 Å². The number of nitrogens with zero attached hydrogens (tertiary/aromatic N) is 6. The number of hydrogen-bond donors (Lipinski definition) is 1. The highest BCUT2D eigenvalue weighted by Gasteiger charge is 2.10. The van der Waals surface area contributed by atoms with E-state index in [0.717, 1.165) is 28.0 Å². The molecule has 0 saturated heterocycles. The Morgan fingerprint density at radius 3 is 2.64 bits per heavy atom. The number of aryl methyl sites for hydroxylation is 2. The van der Waals surface area contributed by atoms with Gasteiger partial charge < -0.3 is 5.32 Å². The molecule has 1 amide bonds. The maximum absolute atomic E-state index is 12.1. The van der Waals surface area contributed by atoms with Crippen molar-refractivity contribution in [3.05, 3.63) is 46.2 Å². The summed E-state index contributed by atoms with van der Waals surface area (Å²) in [4.78, 5) is 12.1. The first-order valence-electron chi connectivity index (χ1n) is 7.99. The molecule has 3 rings (SSSR count). The molecule has 9 heteroatoms. The molecule has 0 aliphatic rings. The number of carbonyl (C=O) groups is 1. The minimum absolute atomic E-state index is 0.149. The Balaban J connectivity index is 1.61. The van der Waals surface area contributed by atoms with Crippen LogP contribution in [0.15, 0.2) is 29.3 Å². The van der Waals surface area contributed by atoms with E-state index in [9.17, 15) is 4.79 Å². The van der Waals surface area contributed by atoms with Gasteiger partial charge in [-0.2, -0.15) is 15.3 Å². The maximum atomic E-state index is 12.1. The molecule has 0 bridgehead atoms. The third kappa shape index (κ3) is 3.98. The number of amides is 1. The summed E-state index contributed by atoms with van der Waals surface area (Å²) < 4.78 is 6.22. The number of nitrogens with one attached hydrogen (secondary N) is 1. The Morgan fingerprint density at radius 2 is 2.00 bits per heavy atom. The van der Waals surface area contributed by atoms with Crippen LogP contribution in [0.3, 0.4) is 0 Å². The van der Waals surface area contributed by atoms with Gasteiger partial charge in [0.2, 0.25) is 5.91 Å². The summed E-state index contributed by atoms with van der Waals surface area (Å²) in [5.74, 6) is -0.149. The fraction of sp³-hybridized carbons (Fsp3) is 0.375. The van der Waals surface area contributed by atoms with Gasteiger partial charge in [-0.1, -0.05) is 0 Å². The standard InChI is InChI=1S/C16H20BrN7O/c1-4-24-12(3)13(5-19-24)7-22-8-14(6-18-22)20-16(25)10-23-9-15(17)11(2)21-23/h5-6,8-9H,4,7,10H2,1-3H3,(H,20,25). The topological polar surface area (TPSA) is 82.6 Å². The lowest BCUT2D eigenvalue weighted by Gasteiger charge is -2.03. The minimum Gasteiger partial charge on any atom is -0.322 e. The monoisotopic (exact) mass is 405 g/mol. The molecular formula is C16H20BrN7O. The van der Waals surface area contributed by atoms with Crippen LogP contribution in [0, 0.1) is 13.8 Å². The highest BCUT2D eigenvalue weighted by molar-refractivity contribution is 9.10. The van der Waals surface area contributed by atoms with Crippen molar-refractivity contribution in [1.82, 2.24) is 29.3 Å². The van der Waals surface area contributed by atoms with Crippen LogP contribution in [-0.4, -0.2) is 35.2 Å². The largest absolute Gasteiger partial charge is 0.322 e. The van der Waals surface area contributed by atoms with Crippen molar-refractivity contribution in [1.29, 1.82) is 0 Å². The van der Waals surface area contributed by atoms with Crippen LogP contribution in [0.1, 0.15) is 23.9 Å². The molecule has 0 unspecified atom stereocenters. The van der Waals surface area contributed by atoms with E-state index in [2.05, 4.69) is 43.5 Å². The first kappa shape index (κ1) is 17.4. The first-order valence-corrected chi connectivity index (χ1v) is 8.78. The van der Waals surface area contributed by atoms with Crippen LogP contribution in [0.2, 0.25) is 0 Å². The predicted molar refractivity (Wildman–Crippen MR) is 97.3 cm³/mol. The molecule has 0 aliphatic carbocycles. The molecule has 3 heterocycles. The van der Waals surface area contributed by atoms with E-state index in [1.54, 1.807) is 21.8 Å². The van der Waals surface area contributed by atoms with Crippen LogP contribution >= 0.6 is 15.9 Å². The van der Waals surface area contributed by atoms with Gasteiger partial charge in [0.25, 0.3) is 0 Å². The average molecular weight is 406 g/mol. The SMILES string of the molecule is CCn1ncc(Cn2cc(NC(=O)Cn3cc(Br)c(C)n3)cn2)c1C. The quantitative estimate of drug-likeness (QED) is 0.682. The van der Waals surface area contributed by atoms with E-state index in [4.69, 9.17) is 0 Å². The van der Waals surface area contributed by atoms with E-state index < -0.39 is 0 Å². The Bertz CT molecular complexity index is 873. The Labute approximate surface area is 154 Å². The fourth-order valence-electron chi connectivity index (χ4n) is 2.57. The summed E-state index contributed by atoms with van der Waals surface area (Å²) in [6.45, 7) is 7.60. The van der Waals surface area contributed by atoms with Crippen LogP contribution in [0.5, 0.6) is 0 Å². The summed E-state index contributed by atoms with van der Waals surface area (Å²) in [6.07, 6.45) is 7.09. The number of aromatic nitrogens is 6. The molecule has 0 radical (unpaired) electrons. The molecule has 0 spiro atoms. The van der Waals surface area contributed by atoms with Gasteiger partial charge >= 0.3 is 0 Å². The number of anilines is 1. The second kappa shape index (κ2) is 7.22. The Hall–Kier alpha value is -2.42. The van der Waals surface area contributed by atoms with Crippen LogP contribution < -0.4 is 5.32 Å². The molecule has 0 aromatic carbocycles. The lowest BCUT2D eigenvalue weighted by molar-refractivity contribution is -0.116. The van der Waals surface area contributed by atoms with Gasteiger partial charge in [0.1, 0.15) is 6.54 Å². The molecule has 8 nitrogen and oxygen atoms in total. The van der Waals surface area contributed by atoms with Crippen molar-refractivity contribution in [2.24, 2.45) is 0 Å². The van der Waals surface area contributed by atoms with Crippen molar-refractivity contribution < 1.29 is 4.79 Å². The third-order valence-corrected chi connectivity index (χ3v) is 4.72. The molecule has 3 aromatic heterocycles. The van der Waals surface area contributed by atoms with E-state index >= 15 is 0 Å². The zero-order valence-corrected chi connectivity index (χ0v) is 16.0. The van der Waals surface area contributed by atoms with E-state index in [1.807, 2.05) is 30.9 Å². The van der Waals surface area contributed by atoms with Crippen molar-refractivity contribution in [3.8, 4) is 0 Å².